The largest absolute Gasteiger partial charge is 0.353 e. The van der Waals surface area contributed by atoms with Gasteiger partial charge in [-0.15, -0.1) is 0 Å². The van der Waals surface area contributed by atoms with E-state index in [4.69, 9.17) is 5.73 Å². The van der Waals surface area contributed by atoms with E-state index in [-0.39, 0.29) is 5.54 Å². The van der Waals surface area contributed by atoms with Crippen molar-refractivity contribution in [1.82, 2.24) is 9.97 Å². The molecule has 4 heteroatoms. The Morgan fingerprint density at radius 2 is 2.07 bits per heavy atom. The van der Waals surface area contributed by atoms with E-state index in [0.29, 0.717) is 5.92 Å². The van der Waals surface area contributed by atoms with Crippen LogP contribution in [0, 0.1) is 0 Å². The van der Waals surface area contributed by atoms with Crippen LogP contribution < -0.4 is 10.6 Å². The van der Waals surface area contributed by atoms with Crippen LogP contribution in [0.3, 0.4) is 0 Å². The van der Waals surface area contributed by atoms with Crippen molar-refractivity contribution in [3.8, 4) is 0 Å². The molecule has 1 aromatic rings. The lowest BCUT2D eigenvalue weighted by atomic mass is 9.94. The zero-order chi connectivity index (χ0) is 11.1. The standard InChI is InChI=1S/C11H18N4/c1-8(2)9-4-10(14-7-13-9)15-5-11(3,12)6-15/h4,7-8H,5-6,12H2,1-3H3. The lowest BCUT2D eigenvalue weighted by Crippen LogP contribution is -2.65. The van der Waals surface area contributed by atoms with Gasteiger partial charge in [-0.25, -0.2) is 9.97 Å². The van der Waals surface area contributed by atoms with E-state index >= 15 is 0 Å². The van der Waals surface area contributed by atoms with Crippen molar-refractivity contribution in [2.24, 2.45) is 5.73 Å². The summed E-state index contributed by atoms with van der Waals surface area (Å²) in [6.45, 7) is 8.09. The number of rotatable bonds is 2. The maximum absolute atomic E-state index is 5.96. The zero-order valence-electron chi connectivity index (χ0n) is 9.57. The van der Waals surface area contributed by atoms with Crippen LogP contribution in [0.15, 0.2) is 12.4 Å². The molecule has 2 heterocycles. The van der Waals surface area contributed by atoms with Gasteiger partial charge in [-0.05, 0) is 12.8 Å². The Bertz CT molecular complexity index is 351. The van der Waals surface area contributed by atoms with E-state index in [1.807, 2.05) is 0 Å². The second-order valence-electron chi connectivity index (χ2n) is 4.97. The summed E-state index contributed by atoms with van der Waals surface area (Å²) in [4.78, 5) is 10.7. The summed E-state index contributed by atoms with van der Waals surface area (Å²) in [6, 6.07) is 2.06. The van der Waals surface area contributed by atoms with Crippen molar-refractivity contribution in [1.29, 1.82) is 0 Å². The van der Waals surface area contributed by atoms with Crippen LogP contribution in [0.5, 0.6) is 0 Å². The smallest absolute Gasteiger partial charge is 0.132 e. The Labute approximate surface area is 90.5 Å². The minimum atomic E-state index is -0.0526. The molecule has 0 aromatic carbocycles. The van der Waals surface area contributed by atoms with Crippen LogP contribution in [0.25, 0.3) is 0 Å². The molecule has 15 heavy (non-hydrogen) atoms. The molecule has 2 rings (SSSR count). The molecule has 0 amide bonds. The first kappa shape index (κ1) is 10.4. The summed E-state index contributed by atoms with van der Waals surface area (Å²) in [5.41, 5.74) is 7.00. The minimum Gasteiger partial charge on any atom is -0.353 e. The van der Waals surface area contributed by atoms with Crippen LogP contribution in [-0.4, -0.2) is 28.6 Å². The fourth-order valence-electron chi connectivity index (χ4n) is 1.84. The van der Waals surface area contributed by atoms with Crippen LogP contribution in [0.1, 0.15) is 32.4 Å². The van der Waals surface area contributed by atoms with Gasteiger partial charge in [0.2, 0.25) is 0 Å². The molecule has 0 unspecified atom stereocenters. The maximum Gasteiger partial charge on any atom is 0.132 e. The molecule has 1 fully saturated rings. The number of nitrogens with two attached hydrogens (primary N) is 1. The first-order valence-electron chi connectivity index (χ1n) is 5.34. The van der Waals surface area contributed by atoms with E-state index in [1.54, 1.807) is 6.33 Å². The number of anilines is 1. The summed E-state index contributed by atoms with van der Waals surface area (Å²) in [5.74, 6) is 1.44. The molecule has 1 aliphatic heterocycles. The summed E-state index contributed by atoms with van der Waals surface area (Å²) in [7, 11) is 0. The molecule has 1 saturated heterocycles. The van der Waals surface area contributed by atoms with Crippen molar-refractivity contribution < 1.29 is 0 Å². The molecule has 1 aliphatic rings. The van der Waals surface area contributed by atoms with Gasteiger partial charge in [-0.2, -0.15) is 0 Å². The van der Waals surface area contributed by atoms with Gasteiger partial charge in [0.05, 0.1) is 0 Å². The quantitative estimate of drug-likeness (QED) is 0.788. The van der Waals surface area contributed by atoms with Crippen molar-refractivity contribution in [3.63, 3.8) is 0 Å². The molecule has 4 nitrogen and oxygen atoms in total. The third-order valence-corrected chi connectivity index (χ3v) is 2.69. The van der Waals surface area contributed by atoms with E-state index < -0.39 is 0 Å². The van der Waals surface area contributed by atoms with Gasteiger partial charge in [-0.3, -0.25) is 0 Å². The van der Waals surface area contributed by atoms with Crippen molar-refractivity contribution >= 4 is 5.82 Å². The Kier molecular flexibility index (Phi) is 2.38. The van der Waals surface area contributed by atoms with E-state index in [1.165, 1.54) is 0 Å². The van der Waals surface area contributed by atoms with E-state index in [2.05, 4.69) is 41.7 Å². The molecule has 0 atom stereocenters. The van der Waals surface area contributed by atoms with E-state index in [0.717, 1.165) is 24.6 Å². The van der Waals surface area contributed by atoms with Crippen LogP contribution >= 0.6 is 0 Å². The van der Waals surface area contributed by atoms with Crippen LogP contribution in [0.4, 0.5) is 5.82 Å². The molecule has 2 N–H and O–H groups in total. The normalized spacial score (nSPS) is 19.1. The highest BCUT2D eigenvalue weighted by molar-refractivity contribution is 5.44. The fraction of sp³-hybridized carbons (Fsp3) is 0.636. The second kappa shape index (κ2) is 3.45. The first-order chi connectivity index (χ1) is 6.98. The third-order valence-electron chi connectivity index (χ3n) is 2.69. The van der Waals surface area contributed by atoms with Crippen molar-refractivity contribution in [2.45, 2.75) is 32.2 Å². The van der Waals surface area contributed by atoms with Gasteiger partial charge >= 0.3 is 0 Å². The predicted molar refractivity (Wildman–Crippen MR) is 60.9 cm³/mol. The summed E-state index contributed by atoms with van der Waals surface area (Å²) < 4.78 is 0. The Balaban J connectivity index is 2.13. The maximum atomic E-state index is 5.96. The zero-order valence-corrected chi connectivity index (χ0v) is 9.57. The average Bonchev–Trinajstić information content (AvgIpc) is 2.14. The Morgan fingerprint density at radius 3 is 2.60 bits per heavy atom. The van der Waals surface area contributed by atoms with Gasteiger partial charge < -0.3 is 10.6 Å². The highest BCUT2D eigenvalue weighted by atomic mass is 15.3. The molecule has 0 bridgehead atoms. The van der Waals surface area contributed by atoms with E-state index in [9.17, 15) is 0 Å². The van der Waals surface area contributed by atoms with Crippen LogP contribution in [0.2, 0.25) is 0 Å². The van der Waals surface area contributed by atoms with Crippen molar-refractivity contribution in [3.05, 3.63) is 18.1 Å². The van der Waals surface area contributed by atoms with Gasteiger partial charge in [0.1, 0.15) is 12.1 Å². The van der Waals surface area contributed by atoms with Gasteiger partial charge in [0.15, 0.2) is 0 Å². The highest BCUT2D eigenvalue weighted by Gasteiger charge is 2.35. The average molecular weight is 206 g/mol. The highest BCUT2D eigenvalue weighted by Crippen LogP contribution is 2.25. The number of hydrogen-bond acceptors (Lipinski definition) is 4. The monoisotopic (exact) mass is 206 g/mol. The topological polar surface area (TPSA) is 55.0 Å². The van der Waals surface area contributed by atoms with Crippen molar-refractivity contribution in [2.75, 3.05) is 18.0 Å². The lowest BCUT2D eigenvalue weighted by molar-refractivity contribution is 0.362. The minimum absolute atomic E-state index is 0.0526. The molecule has 0 spiro atoms. The molecule has 0 saturated carbocycles. The first-order valence-corrected chi connectivity index (χ1v) is 5.34. The summed E-state index contributed by atoms with van der Waals surface area (Å²) in [6.07, 6.45) is 1.64. The fourth-order valence-corrected chi connectivity index (χ4v) is 1.84. The van der Waals surface area contributed by atoms with Gasteiger partial charge in [-0.1, -0.05) is 13.8 Å². The molecule has 0 radical (unpaired) electrons. The second-order valence-corrected chi connectivity index (χ2v) is 4.97. The molecule has 82 valence electrons. The van der Waals surface area contributed by atoms with Gasteiger partial charge in [0, 0.05) is 30.4 Å². The van der Waals surface area contributed by atoms with Crippen LogP contribution in [-0.2, 0) is 0 Å². The SMILES string of the molecule is CC(C)c1cc(N2CC(C)(N)C2)ncn1. The molecule has 0 aliphatic carbocycles. The number of aromatic nitrogens is 2. The third kappa shape index (κ3) is 2.09. The Hall–Kier alpha value is -1.16. The lowest BCUT2D eigenvalue weighted by Gasteiger charge is -2.46. The molecular formula is C11H18N4. The predicted octanol–water partition coefficient (Wildman–Crippen LogP) is 1.14. The van der Waals surface area contributed by atoms with Gasteiger partial charge in [0.25, 0.3) is 0 Å². The molecular weight excluding hydrogens is 188 g/mol. The summed E-state index contributed by atoms with van der Waals surface area (Å²) in [5, 5.41) is 0. The Morgan fingerprint density at radius 1 is 1.40 bits per heavy atom. The number of nitrogens with zero attached hydrogens (tertiary/aromatic N) is 3. The molecule has 1 aromatic heterocycles. The number of hydrogen-bond donors (Lipinski definition) is 1. The summed E-state index contributed by atoms with van der Waals surface area (Å²) >= 11 is 0.